The van der Waals surface area contributed by atoms with Crippen LogP contribution >= 0.6 is 0 Å². The lowest BCUT2D eigenvalue weighted by Gasteiger charge is -2.09. The molecule has 1 rings (SSSR count). The highest BCUT2D eigenvalue weighted by atomic mass is 16.5. The fourth-order valence-corrected chi connectivity index (χ4v) is 1.30. The number of ketones is 1. The lowest BCUT2D eigenvalue weighted by Crippen LogP contribution is -2.02. The topological polar surface area (TPSA) is 52.6 Å². The van der Waals surface area contributed by atoms with Crippen molar-refractivity contribution < 1.29 is 19.1 Å². The minimum Gasteiger partial charge on any atom is -0.497 e. The number of Topliss-reactive ketones (excluding diaryl/α,β-unsaturated/α-hetero) is 1. The summed E-state index contributed by atoms with van der Waals surface area (Å²) in [6.07, 6.45) is 0.606. The van der Waals surface area contributed by atoms with Crippen LogP contribution in [0.4, 0.5) is 0 Å². The maximum absolute atomic E-state index is 11.3. The Hall–Kier alpha value is -1.84. The first-order valence-corrected chi connectivity index (χ1v) is 4.36. The van der Waals surface area contributed by atoms with E-state index in [1.54, 1.807) is 6.07 Å². The van der Waals surface area contributed by atoms with Gasteiger partial charge in [0.05, 0.1) is 19.8 Å². The molecule has 1 aromatic rings. The summed E-state index contributed by atoms with van der Waals surface area (Å²) >= 11 is 0. The molecule has 0 saturated carbocycles. The van der Waals surface area contributed by atoms with E-state index in [9.17, 15) is 9.59 Å². The van der Waals surface area contributed by atoms with Crippen LogP contribution in [-0.4, -0.2) is 26.3 Å². The van der Waals surface area contributed by atoms with Crippen LogP contribution < -0.4 is 9.47 Å². The Morgan fingerprint density at radius 3 is 2.33 bits per heavy atom. The van der Waals surface area contributed by atoms with Gasteiger partial charge in [0.15, 0.2) is 12.1 Å². The molecule has 0 saturated heterocycles. The van der Waals surface area contributed by atoms with E-state index in [0.29, 0.717) is 23.3 Å². The molecule has 0 fully saturated rings. The second-order valence-corrected chi connectivity index (χ2v) is 2.96. The minimum absolute atomic E-state index is 0.200. The third kappa shape index (κ3) is 2.15. The summed E-state index contributed by atoms with van der Waals surface area (Å²) in [5.41, 5.74) is 0.562. The first kappa shape index (κ1) is 11.2. The van der Waals surface area contributed by atoms with Gasteiger partial charge in [0.2, 0.25) is 0 Å². The third-order valence-electron chi connectivity index (χ3n) is 2.07. The zero-order chi connectivity index (χ0) is 11.4. The molecule has 0 amide bonds. The summed E-state index contributed by atoms with van der Waals surface area (Å²) in [6, 6.07) is 3.09. The van der Waals surface area contributed by atoms with Gasteiger partial charge in [-0.05, 0) is 13.0 Å². The average molecular weight is 208 g/mol. The molecule has 4 heteroatoms. The Kier molecular flexibility index (Phi) is 3.44. The van der Waals surface area contributed by atoms with Crippen LogP contribution in [0.2, 0.25) is 0 Å². The van der Waals surface area contributed by atoms with Gasteiger partial charge in [0, 0.05) is 11.6 Å². The number of carbonyl (C=O) groups is 2. The van der Waals surface area contributed by atoms with Crippen LogP contribution in [0, 0.1) is 0 Å². The van der Waals surface area contributed by atoms with Gasteiger partial charge in [-0.15, -0.1) is 0 Å². The van der Waals surface area contributed by atoms with Crippen LogP contribution in [0.1, 0.15) is 27.6 Å². The second-order valence-electron chi connectivity index (χ2n) is 2.96. The molecule has 4 nitrogen and oxygen atoms in total. The van der Waals surface area contributed by atoms with Crippen LogP contribution in [0.15, 0.2) is 12.1 Å². The fraction of sp³-hybridized carbons (Fsp3) is 0.273. The monoisotopic (exact) mass is 208 g/mol. The van der Waals surface area contributed by atoms with Crippen molar-refractivity contribution in [3.05, 3.63) is 23.3 Å². The molecule has 0 aliphatic rings. The van der Waals surface area contributed by atoms with E-state index < -0.39 is 0 Å². The van der Waals surface area contributed by atoms with Crippen molar-refractivity contribution in [1.29, 1.82) is 0 Å². The number of carbonyl (C=O) groups excluding carboxylic acids is 2. The van der Waals surface area contributed by atoms with Crippen molar-refractivity contribution in [3.63, 3.8) is 0 Å². The standard InChI is InChI=1S/C11H12O4/c1-7(13)9-4-8(14-2)5-11(15-3)10(9)6-12/h4-6H,1-3H3. The van der Waals surface area contributed by atoms with Crippen molar-refractivity contribution in [2.75, 3.05) is 14.2 Å². The van der Waals surface area contributed by atoms with Crippen molar-refractivity contribution in [2.24, 2.45) is 0 Å². The van der Waals surface area contributed by atoms with Gasteiger partial charge in [0.25, 0.3) is 0 Å². The van der Waals surface area contributed by atoms with Crippen LogP contribution in [0.3, 0.4) is 0 Å². The predicted octanol–water partition coefficient (Wildman–Crippen LogP) is 1.72. The van der Waals surface area contributed by atoms with E-state index in [-0.39, 0.29) is 11.3 Å². The quantitative estimate of drug-likeness (QED) is 0.558. The van der Waals surface area contributed by atoms with Gasteiger partial charge < -0.3 is 9.47 Å². The molecule has 0 bridgehead atoms. The highest BCUT2D eigenvalue weighted by Crippen LogP contribution is 2.27. The third-order valence-corrected chi connectivity index (χ3v) is 2.07. The van der Waals surface area contributed by atoms with E-state index in [4.69, 9.17) is 9.47 Å². The van der Waals surface area contributed by atoms with E-state index in [0.717, 1.165) is 0 Å². The molecule has 0 aliphatic carbocycles. The van der Waals surface area contributed by atoms with Crippen LogP contribution in [-0.2, 0) is 0 Å². The summed E-state index contributed by atoms with van der Waals surface area (Å²) in [4.78, 5) is 22.1. The van der Waals surface area contributed by atoms with E-state index in [1.165, 1.54) is 27.2 Å². The van der Waals surface area contributed by atoms with E-state index in [2.05, 4.69) is 0 Å². The van der Waals surface area contributed by atoms with Gasteiger partial charge in [-0.1, -0.05) is 0 Å². The maximum atomic E-state index is 11.3. The smallest absolute Gasteiger partial charge is 0.160 e. The first-order chi connectivity index (χ1) is 7.13. The Labute approximate surface area is 87.8 Å². The highest BCUT2D eigenvalue weighted by molar-refractivity contribution is 6.03. The summed E-state index contributed by atoms with van der Waals surface area (Å²) < 4.78 is 10.0. The number of methoxy groups -OCH3 is 2. The Morgan fingerprint density at radius 1 is 1.27 bits per heavy atom. The number of hydrogen-bond donors (Lipinski definition) is 0. The molecule has 0 atom stereocenters. The lowest BCUT2D eigenvalue weighted by atomic mass is 10.0. The largest absolute Gasteiger partial charge is 0.497 e. The van der Waals surface area contributed by atoms with Gasteiger partial charge >= 0.3 is 0 Å². The number of aldehydes is 1. The lowest BCUT2D eigenvalue weighted by molar-refractivity contribution is 0.100. The minimum atomic E-state index is -0.200. The molecule has 0 N–H and O–H groups in total. The second kappa shape index (κ2) is 4.59. The molecule has 0 aliphatic heterocycles. The first-order valence-electron chi connectivity index (χ1n) is 4.36. The molecule has 0 heterocycles. The van der Waals surface area contributed by atoms with Crippen molar-refractivity contribution in [1.82, 2.24) is 0 Å². The van der Waals surface area contributed by atoms with E-state index >= 15 is 0 Å². The number of rotatable bonds is 4. The summed E-state index contributed by atoms with van der Waals surface area (Å²) in [6.45, 7) is 1.39. The molecule has 0 radical (unpaired) electrons. The van der Waals surface area contributed by atoms with Crippen molar-refractivity contribution in [3.8, 4) is 11.5 Å². The highest BCUT2D eigenvalue weighted by Gasteiger charge is 2.14. The molecular formula is C11H12O4. The van der Waals surface area contributed by atoms with Crippen molar-refractivity contribution in [2.45, 2.75) is 6.92 Å². The normalized spacial score (nSPS) is 9.53. The molecule has 1 aromatic carbocycles. The SMILES string of the molecule is COc1cc(OC)c(C=O)c(C(C)=O)c1. The molecule has 0 unspecified atom stereocenters. The van der Waals surface area contributed by atoms with Crippen molar-refractivity contribution >= 4 is 12.1 Å². The van der Waals surface area contributed by atoms with Gasteiger partial charge in [-0.3, -0.25) is 9.59 Å². The number of hydrogen-bond acceptors (Lipinski definition) is 4. The number of benzene rings is 1. The fourth-order valence-electron chi connectivity index (χ4n) is 1.30. The van der Waals surface area contributed by atoms with Gasteiger partial charge in [-0.2, -0.15) is 0 Å². The summed E-state index contributed by atoms with van der Waals surface area (Å²) in [5, 5.41) is 0. The Morgan fingerprint density at radius 2 is 1.93 bits per heavy atom. The summed E-state index contributed by atoms with van der Waals surface area (Å²) in [5.74, 6) is 0.631. The number of ether oxygens (including phenoxy) is 2. The maximum Gasteiger partial charge on any atom is 0.160 e. The molecular weight excluding hydrogens is 196 g/mol. The van der Waals surface area contributed by atoms with Gasteiger partial charge in [-0.25, -0.2) is 0 Å². The molecule has 15 heavy (non-hydrogen) atoms. The molecule has 80 valence electrons. The van der Waals surface area contributed by atoms with E-state index in [1.807, 2.05) is 0 Å². The molecule has 0 spiro atoms. The Bertz CT molecular complexity index is 396. The predicted molar refractivity (Wildman–Crippen MR) is 54.9 cm³/mol. The van der Waals surface area contributed by atoms with Crippen LogP contribution in [0.25, 0.3) is 0 Å². The molecule has 0 aromatic heterocycles. The van der Waals surface area contributed by atoms with Gasteiger partial charge in [0.1, 0.15) is 11.5 Å². The average Bonchev–Trinajstić information content (AvgIpc) is 2.26. The zero-order valence-corrected chi connectivity index (χ0v) is 8.87. The van der Waals surface area contributed by atoms with Crippen LogP contribution in [0.5, 0.6) is 11.5 Å². The zero-order valence-electron chi connectivity index (χ0n) is 8.87. The summed E-state index contributed by atoms with van der Waals surface area (Å²) in [7, 11) is 2.92. The Balaban J connectivity index is 3.45.